The average molecular weight is 355 g/mol. The minimum Gasteiger partial charge on any atom is -0.343 e. The van der Waals surface area contributed by atoms with Crippen LogP contribution >= 0.6 is 0 Å². The van der Waals surface area contributed by atoms with Gasteiger partial charge in [-0.2, -0.15) is 5.10 Å². The van der Waals surface area contributed by atoms with Crippen molar-refractivity contribution in [2.45, 2.75) is 50.9 Å². The molecule has 1 spiro atoms. The van der Waals surface area contributed by atoms with Gasteiger partial charge in [-0.25, -0.2) is 4.98 Å². The van der Waals surface area contributed by atoms with Crippen molar-refractivity contribution >= 4 is 5.91 Å². The second-order valence-electron chi connectivity index (χ2n) is 7.59. The molecule has 2 aliphatic rings. The molecule has 3 heterocycles. The van der Waals surface area contributed by atoms with Gasteiger partial charge in [-0.05, 0) is 45.1 Å². The maximum Gasteiger partial charge on any atom is 0.254 e. The first-order valence-electron chi connectivity index (χ1n) is 9.33. The molecule has 4 rings (SSSR count). The summed E-state index contributed by atoms with van der Waals surface area (Å²) in [6.07, 6.45) is 6.56. The van der Waals surface area contributed by atoms with Gasteiger partial charge in [-0.1, -0.05) is 0 Å². The molecule has 1 aliphatic heterocycles. The van der Waals surface area contributed by atoms with Crippen LogP contribution in [-0.2, 0) is 30.1 Å². The molecule has 0 radical (unpaired) electrons. The number of aromatic nitrogens is 4. The third-order valence-corrected chi connectivity index (χ3v) is 6.08. The molecule has 0 unspecified atom stereocenters. The van der Waals surface area contributed by atoms with Crippen molar-refractivity contribution in [3.05, 3.63) is 45.4 Å². The highest BCUT2D eigenvalue weighted by Crippen LogP contribution is 2.44. The largest absolute Gasteiger partial charge is 0.343 e. The van der Waals surface area contributed by atoms with Crippen molar-refractivity contribution in [1.82, 2.24) is 24.6 Å². The van der Waals surface area contributed by atoms with Crippen LogP contribution in [0.1, 0.15) is 48.5 Å². The molecule has 1 amide bonds. The summed E-state index contributed by atoms with van der Waals surface area (Å²) in [6, 6.07) is 1.96. The first kappa shape index (κ1) is 17.0. The van der Waals surface area contributed by atoms with E-state index >= 15 is 0 Å². The summed E-state index contributed by atoms with van der Waals surface area (Å²) >= 11 is 0. The fourth-order valence-corrected chi connectivity index (χ4v) is 4.47. The van der Waals surface area contributed by atoms with Gasteiger partial charge in [-0.15, -0.1) is 0 Å². The number of nitrogens with one attached hydrogen (secondary N) is 1. The molecule has 1 fully saturated rings. The second kappa shape index (κ2) is 6.37. The number of fused-ring (bicyclic) bond motifs is 2. The zero-order valence-corrected chi connectivity index (χ0v) is 15.4. The van der Waals surface area contributed by atoms with Crippen LogP contribution in [0.25, 0.3) is 0 Å². The van der Waals surface area contributed by atoms with Crippen LogP contribution in [0.15, 0.2) is 17.1 Å². The zero-order chi connectivity index (χ0) is 18.3. The van der Waals surface area contributed by atoms with E-state index < -0.39 is 0 Å². The number of piperidine rings is 1. The fraction of sp³-hybridized carbons (Fsp3) is 0.579. The predicted octanol–water partition coefficient (Wildman–Crippen LogP) is 1.25. The molecule has 0 saturated carbocycles. The lowest BCUT2D eigenvalue weighted by Gasteiger charge is -2.39. The lowest BCUT2D eigenvalue weighted by atomic mass is 9.76. The van der Waals surface area contributed by atoms with E-state index in [1.807, 2.05) is 29.6 Å². The number of carbonyl (C=O) groups is 1. The summed E-state index contributed by atoms with van der Waals surface area (Å²) in [6.45, 7) is 3.33. The second-order valence-corrected chi connectivity index (χ2v) is 7.59. The monoisotopic (exact) mass is 355 g/mol. The van der Waals surface area contributed by atoms with E-state index in [4.69, 9.17) is 0 Å². The van der Waals surface area contributed by atoms with Crippen LogP contribution in [0.2, 0.25) is 0 Å². The van der Waals surface area contributed by atoms with Crippen molar-refractivity contribution in [2.75, 3.05) is 13.1 Å². The molecule has 2 aromatic heterocycles. The highest BCUT2D eigenvalue weighted by Gasteiger charge is 2.44. The molecule has 1 N–H and O–H groups in total. The van der Waals surface area contributed by atoms with E-state index in [2.05, 4.69) is 15.1 Å². The summed E-state index contributed by atoms with van der Waals surface area (Å²) in [5, 5.41) is 4.15. The average Bonchev–Trinajstić information content (AvgIpc) is 3.18. The minimum atomic E-state index is -0.0207. The lowest BCUT2D eigenvalue weighted by Crippen LogP contribution is -2.45. The molecule has 0 atom stereocenters. The van der Waals surface area contributed by atoms with Crippen molar-refractivity contribution in [1.29, 1.82) is 0 Å². The van der Waals surface area contributed by atoms with Gasteiger partial charge in [0.15, 0.2) is 0 Å². The summed E-state index contributed by atoms with van der Waals surface area (Å²) in [4.78, 5) is 34.2. The van der Waals surface area contributed by atoms with Crippen molar-refractivity contribution < 1.29 is 4.79 Å². The Hall–Kier alpha value is -2.44. The van der Waals surface area contributed by atoms with E-state index in [1.165, 1.54) is 0 Å². The Morgan fingerprint density at radius 2 is 2.08 bits per heavy atom. The van der Waals surface area contributed by atoms with Crippen LogP contribution in [0.4, 0.5) is 0 Å². The molecule has 0 aromatic carbocycles. The van der Waals surface area contributed by atoms with E-state index in [0.717, 1.165) is 62.1 Å². The number of hydrogen-bond donors (Lipinski definition) is 1. The molecule has 1 saturated heterocycles. The molecular weight excluding hydrogens is 330 g/mol. The smallest absolute Gasteiger partial charge is 0.254 e. The quantitative estimate of drug-likeness (QED) is 0.898. The van der Waals surface area contributed by atoms with E-state index in [1.54, 1.807) is 6.20 Å². The number of aromatic amines is 1. The van der Waals surface area contributed by atoms with E-state index in [-0.39, 0.29) is 16.9 Å². The van der Waals surface area contributed by atoms with E-state index in [9.17, 15) is 9.59 Å². The third kappa shape index (κ3) is 2.85. The number of nitrogens with zero attached hydrogens (tertiary/aromatic N) is 4. The summed E-state index contributed by atoms with van der Waals surface area (Å²) in [7, 11) is 1.90. The molecule has 1 aliphatic carbocycles. The fourth-order valence-electron chi connectivity index (χ4n) is 4.47. The molecule has 7 nitrogen and oxygen atoms in total. The van der Waals surface area contributed by atoms with Gasteiger partial charge < -0.3 is 9.88 Å². The third-order valence-electron chi connectivity index (χ3n) is 6.08. The van der Waals surface area contributed by atoms with Gasteiger partial charge in [0.2, 0.25) is 5.91 Å². The Bertz CT molecular complexity index is 890. The van der Waals surface area contributed by atoms with Gasteiger partial charge in [-0.3, -0.25) is 14.3 Å². The Balaban J connectivity index is 1.42. The molecular formula is C19H25N5O2. The Morgan fingerprint density at radius 3 is 2.77 bits per heavy atom. The number of rotatable bonds is 3. The van der Waals surface area contributed by atoms with Crippen LogP contribution in [0, 0.1) is 6.92 Å². The van der Waals surface area contributed by atoms with Gasteiger partial charge >= 0.3 is 0 Å². The maximum atomic E-state index is 12.6. The van der Waals surface area contributed by atoms with Crippen LogP contribution in [0.3, 0.4) is 0 Å². The van der Waals surface area contributed by atoms with Gasteiger partial charge in [0.1, 0.15) is 5.82 Å². The predicted molar refractivity (Wildman–Crippen MR) is 96.9 cm³/mol. The number of aryl methyl sites for hydroxylation is 3. The topological polar surface area (TPSA) is 83.9 Å². The van der Waals surface area contributed by atoms with Crippen LogP contribution in [-0.4, -0.2) is 43.6 Å². The Labute approximate surface area is 152 Å². The number of H-pyrrole nitrogens is 1. The molecule has 138 valence electrons. The highest BCUT2D eigenvalue weighted by molar-refractivity contribution is 5.76. The molecule has 26 heavy (non-hydrogen) atoms. The number of hydrogen-bond acceptors (Lipinski definition) is 4. The normalized spacial score (nSPS) is 18.3. The first-order chi connectivity index (χ1) is 12.5. The van der Waals surface area contributed by atoms with E-state index in [0.29, 0.717) is 12.2 Å². The van der Waals surface area contributed by atoms with Crippen LogP contribution in [0.5, 0.6) is 0 Å². The summed E-state index contributed by atoms with van der Waals surface area (Å²) in [5.74, 6) is 0.888. The number of amides is 1. The van der Waals surface area contributed by atoms with Gasteiger partial charge in [0.25, 0.3) is 5.56 Å². The summed E-state index contributed by atoms with van der Waals surface area (Å²) < 4.78 is 1.82. The van der Waals surface area contributed by atoms with Crippen LogP contribution < -0.4 is 5.56 Å². The lowest BCUT2D eigenvalue weighted by molar-refractivity contribution is -0.132. The summed E-state index contributed by atoms with van der Waals surface area (Å²) in [5.41, 5.74) is 2.91. The Morgan fingerprint density at radius 1 is 1.31 bits per heavy atom. The molecule has 0 bridgehead atoms. The number of carbonyl (C=O) groups excluding carboxylic acids is 1. The van der Waals surface area contributed by atoms with Gasteiger partial charge in [0, 0.05) is 49.4 Å². The first-order valence-corrected chi connectivity index (χ1v) is 9.33. The SMILES string of the molecule is Cc1nc2c(c(=O)[nH]1)CCC21CCN(C(=O)CCc2ccnn2C)CC1. The van der Waals surface area contributed by atoms with Crippen molar-refractivity contribution in [2.24, 2.45) is 7.05 Å². The number of likely N-dealkylation sites (tertiary alicyclic amines) is 1. The molecule has 2 aromatic rings. The maximum absolute atomic E-state index is 12.6. The molecule has 7 heteroatoms. The standard InChI is InChI=1S/C19H25N5O2/c1-13-21-17-15(18(26)22-13)5-7-19(17)8-11-24(12-9-19)16(25)4-3-14-6-10-20-23(14)2/h6,10H,3-5,7-9,11-12H2,1-2H3,(H,21,22,26). The zero-order valence-electron chi connectivity index (χ0n) is 15.4. The minimum absolute atomic E-state index is 0.0130. The van der Waals surface area contributed by atoms with Crippen molar-refractivity contribution in [3.63, 3.8) is 0 Å². The van der Waals surface area contributed by atoms with Gasteiger partial charge in [0.05, 0.1) is 5.69 Å². The van der Waals surface area contributed by atoms with Crippen molar-refractivity contribution in [3.8, 4) is 0 Å². The Kier molecular flexibility index (Phi) is 4.17. The highest BCUT2D eigenvalue weighted by atomic mass is 16.2.